The van der Waals surface area contributed by atoms with E-state index in [9.17, 15) is 9.59 Å². The topological polar surface area (TPSA) is 78.9 Å². The minimum atomic E-state index is -1.01. The van der Waals surface area contributed by atoms with Gasteiger partial charge in [0.05, 0.1) is 13.2 Å². The van der Waals surface area contributed by atoms with Crippen molar-refractivity contribution in [1.29, 1.82) is 0 Å². The van der Waals surface area contributed by atoms with Crippen LogP contribution in [0.15, 0.2) is 0 Å². The maximum atomic E-state index is 12.0. The van der Waals surface area contributed by atoms with Gasteiger partial charge in [0.2, 0.25) is 0 Å². The lowest BCUT2D eigenvalue weighted by molar-refractivity contribution is -0.147. The SMILES string of the molecule is O=C(O)C1COCCN1C(=O)NCC1CCSCC1. The van der Waals surface area contributed by atoms with E-state index < -0.39 is 12.0 Å². The summed E-state index contributed by atoms with van der Waals surface area (Å²) in [6.45, 7) is 1.45. The van der Waals surface area contributed by atoms with E-state index in [0.717, 1.165) is 24.3 Å². The number of aliphatic carboxylic acids is 1. The summed E-state index contributed by atoms with van der Waals surface area (Å²) in [6, 6.07) is -1.15. The molecule has 1 atom stereocenters. The highest BCUT2D eigenvalue weighted by molar-refractivity contribution is 7.99. The minimum Gasteiger partial charge on any atom is -0.480 e. The van der Waals surface area contributed by atoms with Crippen molar-refractivity contribution in [3.8, 4) is 0 Å². The number of carbonyl (C=O) groups is 2. The summed E-state index contributed by atoms with van der Waals surface area (Å²) in [5, 5.41) is 11.9. The number of amides is 2. The first-order chi connectivity index (χ1) is 9.18. The second-order valence-electron chi connectivity index (χ2n) is 4.86. The fourth-order valence-corrected chi connectivity index (χ4v) is 3.54. The van der Waals surface area contributed by atoms with Crippen LogP contribution >= 0.6 is 11.8 Å². The van der Waals surface area contributed by atoms with E-state index in [1.54, 1.807) is 0 Å². The van der Waals surface area contributed by atoms with Crippen molar-refractivity contribution >= 4 is 23.8 Å². The van der Waals surface area contributed by atoms with Crippen molar-refractivity contribution in [3.05, 3.63) is 0 Å². The molecule has 0 aliphatic carbocycles. The molecule has 7 heteroatoms. The summed E-state index contributed by atoms with van der Waals surface area (Å²) in [5.41, 5.74) is 0. The molecule has 2 rings (SSSR count). The molecule has 2 fully saturated rings. The lowest BCUT2D eigenvalue weighted by Crippen LogP contribution is -2.56. The first-order valence-electron chi connectivity index (χ1n) is 6.61. The largest absolute Gasteiger partial charge is 0.480 e. The van der Waals surface area contributed by atoms with Crippen LogP contribution in [0.2, 0.25) is 0 Å². The van der Waals surface area contributed by atoms with Crippen LogP contribution in [0.1, 0.15) is 12.8 Å². The van der Waals surface area contributed by atoms with Gasteiger partial charge in [-0.05, 0) is 30.3 Å². The van der Waals surface area contributed by atoms with E-state index in [0.29, 0.717) is 25.6 Å². The highest BCUT2D eigenvalue weighted by Gasteiger charge is 2.32. The molecule has 6 nitrogen and oxygen atoms in total. The molecule has 0 aromatic rings. The Morgan fingerprint density at radius 3 is 2.79 bits per heavy atom. The van der Waals surface area contributed by atoms with Gasteiger partial charge < -0.3 is 20.1 Å². The van der Waals surface area contributed by atoms with Crippen molar-refractivity contribution in [1.82, 2.24) is 10.2 Å². The van der Waals surface area contributed by atoms with Gasteiger partial charge >= 0.3 is 12.0 Å². The van der Waals surface area contributed by atoms with E-state index in [-0.39, 0.29) is 12.6 Å². The molecular formula is C12H20N2O4S. The average molecular weight is 288 g/mol. The summed E-state index contributed by atoms with van der Waals surface area (Å²) in [7, 11) is 0. The molecule has 1 unspecified atom stereocenters. The molecular weight excluding hydrogens is 268 g/mol. The Morgan fingerprint density at radius 2 is 2.11 bits per heavy atom. The number of hydrogen-bond acceptors (Lipinski definition) is 4. The Balaban J connectivity index is 1.81. The van der Waals surface area contributed by atoms with Crippen LogP contribution in [-0.2, 0) is 9.53 Å². The average Bonchev–Trinajstić information content (AvgIpc) is 2.46. The molecule has 2 aliphatic rings. The predicted octanol–water partition coefficient (Wildman–Crippen LogP) is 0.625. The first kappa shape index (κ1) is 14.5. The third-order valence-corrected chi connectivity index (χ3v) is 4.61. The molecule has 2 saturated heterocycles. The van der Waals surface area contributed by atoms with Gasteiger partial charge in [0.25, 0.3) is 0 Å². The van der Waals surface area contributed by atoms with E-state index >= 15 is 0 Å². The molecule has 0 aromatic heterocycles. The fourth-order valence-electron chi connectivity index (χ4n) is 2.34. The number of rotatable bonds is 3. The Labute approximate surface area is 116 Å². The minimum absolute atomic E-state index is 0.0722. The monoisotopic (exact) mass is 288 g/mol. The van der Waals surface area contributed by atoms with Crippen molar-refractivity contribution in [2.75, 3.05) is 37.8 Å². The highest BCUT2D eigenvalue weighted by Crippen LogP contribution is 2.22. The van der Waals surface area contributed by atoms with Crippen molar-refractivity contribution in [2.45, 2.75) is 18.9 Å². The van der Waals surface area contributed by atoms with Crippen LogP contribution in [0.5, 0.6) is 0 Å². The summed E-state index contributed by atoms with van der Waals surface area (Å²) in [4.78, 5) is 24.5. The lowest BCUT2D eigenvalue weighted by atomic mass is 10.0. The summed E-state index contributed by atoms with van der Waals surface area (Å²) in [5.74, 6) is 1.81. The standard InChI is InChI=1S/C12H20N2O4S/c15-11(16)10-8-18-4-3-14(10)12(17)13-7-9-1-5-19-6-2-9/h9-10H,1-8H2,(H,13,17)(H,15,16). The number of nitrogens with zero attached hydrogens (tertiary/aromatic N) is 1. The van der Waals surface area contributed by atoms with E-state index in [1.807, 2.05) is 11.8 Å². The van der Waals surface area contributed by atoms with Gasteiger partial charge in [-0.15, -0.1) is 0 Å². The van der Waals surface area contributed by atoms with E-state index in [4.69, 9.17) is 9.84 Å². The number of urea groups is 1. The third kappa shape index (κ3) is 4.01. The fraction of sp³-hybridized carbons (Fsp3) is 0.833. The molecule has 0 spiro atoms. The van der Waals surface area contributed by atoms with Crippen LogP contribution in [0.3, 0.4) is 0 Å². The molecule has 2 N–H and O–H groups in total. The zero-order valence-electron chi connectivity index (χ0n) is 10.8. The Morgan fingerprint density at radius 1 is 1.37 bits per heavy atom. The maximum Gasteiger partial charge on any atom is 0.328 e. The molecule has 19 heavy (non-hydrogen) atoms. The molecule has 2 heterocycles. The third-order valence-electron chi connectivity index (χ3n) is 3.56. The van der Waals surface area contributed by atoms with Crippen LogP contribution in [0.25, 0.3) is 0 Å². The van der Waals surface area contributed by atoms with Crippen LogP contribution in [0.4, 0.5) is 4.79 Å². The van der Waals surface area contributed by atoms with Gasteiger partial charge in [-0.3, -0.25) is 0 Å². The van der Waals surface area contributed by atoms with E-state index in [1.165, 1.54) is 4.90 Å². The van der Waals surface area contributed by atoms with Gasteiger partial charge in [0, 0.05) is 13.1 Å². The Kier molecular flexibility index (Phi) is 5.33. The molecule has 108 valence electrons. The number of carbonyl (C=O) groups excluding carboxylic acids is 1. The summed E-state index contributed by atoms with van der Waals surface area (Å²) in [6.07, 6.45) is 2.24. The zero-order chi connectivity index (χ0) is 13.7. The quantitative estimate of drug-likeness (QED) is 0.796. The lowest BCUT2D eigenvalue weighted by Gasteiger charge is -2.33. The number of thioether (sulfide) groups is 1. The van der Waals surface area contributed by atoms with Crippen LogP contribution in [0, 0.1) is 5.92 Å². The number of morpholine rings is 1. The Hall–Kier alpha value is -0.950. The second kappa shape index (κ2) is 7.00. The summed E-state index contributed by atoms with van der Waals surface area (Å²) >= 11 is 1.95. The van der Waals surface area contributed by atoms with E-state index in [2.05, 4.69) is 5.32 Å². The number of carboxylic acids is 1. The molecule has 0 radical (unpaired) electrons. The number of ether oxygens (including phenoxy) is 1. The molecule has 0 bridgehead atoms. The molecule has 0 aromatic carbocycles. The van der Waals surface area contributed by atoms with Crippen molar-refractivity contribution < 1.29 is 19.4 Å². The van der Waals surface area contributed by atoms with Crippen LogP contribution < -0.4 is 5.32 Å². The zero-order valence-corrected chi connectivity index (χ0v) is 11.7. The van der Waals surface area contributed by atoms with Gasteiger partial charge in [-0.25, -0.2) is 9.59 Å². The number of hydrogen-bond donors (Lipinski definition) is 2. The van der Waals surface area contributed by atoms with Crippen molar-refractivity contribution in [3.63, 3.8) is 0 Å². The summed E-state index contributed by atoms with van der Waals surface area (Å²) < 4.78 is 5.11. The van der Waals surface area contributed by atoms with Crippen molar-refractivity contribution in [2.24, 2.45) is 5.92 Å². The number of nitrogens with one attached hydrogen (secondary N) is 1. The van der Waals surface area contributed by atoms with Gasteiger partial charge in [-0.1, -0.05) is 0 Å². The molecule has 2 aliphatic heterocycles. The van der Waals surface area contributed by atoms with Crippen LogP contribution in [-0.4, -0.2) is 65.9 Å². The second-order valence-corrected chi connectivity index (χ2v) is 6.09. The molecule has 0 saturated carbocycles. The highest BCUT2D eigenvalue weighted by atomic mass is 32.2. The number of carboxylic acid groups (broad SMARTS) is 1. The normalized spacial score (nSPS) is 25.1. The molecule has 2 amide bonds. The Bertz CT molecular complexity index is 334. The van der Waals surface area contributed by atoms with Gasteiger partial charge in [0.1, 0.15) is 0 Å². The van der Waals surface area contributed by atoms with Gasteiger partial charge in [0.15, 0.2) is 6.04 Å². The first-order valence-corrected chi connectivity index (χ1v) is 7.76. The van der Waals surface area contributed by atoms with Gasteiger partial charge in [-0.2, -0.15) is 11.8 Å². The maximum absolute atomic E-state index is 12.0. The predicted molar refractivity (Wildman–Crippen MR) is 72.4 cm³/mol. The smallest absolute Gasteiger partial charge is 0.328 e.